The summed E-state index contributed by atoms with van der Waals surface area (Å²) in [5.74, 6) is 0. The standard InChI is InChI=1S/C13H21NO3S/c1-3-5-11-6-8-13(9-7-11)18(16,17)14-10-12(15)4-2/h6-9,12,14-15H,3-5,10H2,1-2H3. The van der Waals surface area contributed by atoms with Gasteiger partial charge in [-0.2, -0.15) is 0 Å². The molecule has 1 aromatic rings. The van der Waals surface area contributed by atoms with E-state index in [4.69, 9.17) is 0 Å². The molecular formula is C13H21NO3S. The molecule has 0 saturated carbocycles. The summed E-state index contributed by atoms with van der Waals surface area (Å²) in [4.78, 5) is 0.241. The Hall–Kier alpha value is -0.910. The third-order valence-electron chi connectivity index (χ3n) is 2.75. The lowest BCUT2D eigenvalue weighted by molar-refractivity contribution is 0.174. The second kappa shape index (κ2) is 6.87. The molecular weight excluding hydrogens is 250 g/mol. The first-order valence-corrected chi connectivity index (χ1v) is 7.74. The van der Waals surface area contributed by atoms with Crippen LogP contribution in [0.25, 0.3) is 0 Å². The van der Waals surface area contributed by atoms with Gasteiger partial charge in [0.2, 0.25) is 10.0 Å². The van der Waals surface area contributed by atoms with Crippen molar-refractivity contribution >= 4 is 10.0 Å². The van der Waals surface area contributed by atoms with Crippen LogP contribution in [0.1, 0.15) is 32.3 Å². The summed E-state index contributed by atoms with van der Waals surface area (Å²) < 4.78 is 26.2. The van der Waals surface area contributed by atoms with Gasteiger partial charge in [-0.05, 0) is 30.5 Å². The number of rotatable bonds is 7. The van der Waals surface area contributed by atoms with E-state index in [0.717, 1.165) is 18.4 Å². The van der Waals surface area contributed by atoms with Crippen molar-refractivity contribution in [1.82, 2.24) is 4.72 Å². The number of sulfonamides is 1. The van der Waals surface area contributed by atoms with Crippen LogP contribution in [0.15, 0.2) is 29.2 Å². The van der Waals surface area contributed by atoms with E-state index in [-0.39, 0.29) is 11.4 Å². The highest BCUT2D eigenvalue weighted by Gasteiger charge is 2.14. The number of hydrogen-bond donors (Lipinski definition) is 2. The second-order valence-corrected chi connectivity index (χ2v) is 6.07. The van der Waals surface area contributed by atoms with Crippen LogP contribution in [0.4, 0.5) is 0 Å². The molecule has 0 aliphatic rings. The topological polar surface area (TPSA) is 66.4 Å². The van der Waals surface area contributed by atoms with Gasteiger partial charge in [0.05, 0.1) is 11.0 Å². The summed E-state index contributed by atoms with van der Waals surface area (Å²) in [6.07, 6.45) is 1.87. The molecule has 1 rings (SSSR count). The van der Waals surface area contributed by atoms with Gasteiger partial charge >= 0.3 is 0 Å². The van der Waals surface area contributed by atoms with Crippen molar-refractivity contribution in [1.29, 1.82) is 0 Å². The molecule has 1 aromatic carbocycles. The monoisotopic (exact) mass is 271 g/mol. The Morgan fingerprint density at radius 3 is 2.33 bits per heavy atom. The van der Waals surface area contributed by atoms with E-state index in [1.54, 1.807) is 19.1 Å². The number of aliphatic hydroxyl groups is 1. The molecule has 0 aromatic heterocycles. The van der Waals surface area contributed by atoms with E-state index in [1.165, 1.54) is 0 Å². The molecule has 0 heterocycles. The van der Waals surface area contributed by atoms with Crippen molar-refractivity contribution in [3.63, 3.8) is 0 Å². The molecule has 5 heteroatoms. The molecule has 0 aliphatic heterocycles. The fraction of sp³-hybridized carbons (Fsp3) is 0.538. The smallest absolute Gasteiger partial charge is 0.240 e. The molecule has 0 bridgehead atoms. The van der Waals surface area contributed by atoms with E-state index in [1.807, 2.05) is 12.1 Å². The summed E-state index contributed by atoms with van der Waals surface area (Å²) in [5, 5.41) is 9.36. The summed E-state index contributed by atoms with van der Waals surface area (Å²) >= 11 is 0. The highest BCUT2D eigenvalue weighted by atomic mass is 32.2. The number of hydrogen-bond acceptors (Lipinski definition) is 3. The lowest BCUT2D eigenvalue weighted by atomic mass is 10.1. The molecule has 0 saturated heterocycles. The Morgan fingerprint density at radius 2 is 1.83 bits per heavy atom. The number of benzene rings is 1. The van der Waals surface area contributed by atoms with E-state index < -0.39 is 16.1 Å². The molecule has 0 amide bonds. The number of aryl methyl sites for hydroxylation is 1. The van der Waals surface area contributed by atoms with Crippen LogP contribution in [-0.2, 0) is 16.4 Å². The van der Waals surface area contributed by atoms with Gasteiger partial charge in [0.15, 0.2) is 0 Å². The molecule has 0 fully saturated rings. The first kappa shape index (κ1) is 15.1. The SMILES string of the molecule is CCCc1ccc(S(=O)(=O)NCC(O)CC)cc1. The molecule has 1 atom stereocenters. The van der Waals surface area contributed by atoms with Gasteiger partial charge in [-0.15, -0.1) is 0 Å². The zero-order valence-corrected chi connectivity index (χ0v) is 11.7. The summed E-state index contributed by atoms with van der Waals surface area (Å²) in [6, 6.07) is 6.86. The van der Waals surface area contributed by atoms with Crippen molar-refractivity contribution in [3.8, 4) is 0 Å². The second-order valence-electron chi connectivity index (χ2n) is 4.31. The fourth-order valence-electron chi connectivity index (χ4n) is 1.56. The summed E-state index contributed by atoms with van der Waals surface area (Å²) in [6.45, 7) is 3.94. The Bertz CT molecular complexity index is 454. The molecule has 102 valence electrons. The minimum absolute atomic E-state index is 0.0511. The van der Waals surface area contributed by atoms with Gasteiger partial charge in [0.1, 0.15) is 0 Å². The van der Waals surface area contributed by atoms with Gasteiger partial charge in [-0.25, -0.2) is 13.1 Å². The zero-order valence-electron chi connectivity index (χ0n) is 10.9. The first-order valence-electron chi connectivity index (χ1n) is 6.26. The average molecular weight is 271 g/mol. The Kier molecular flexibility index (Phi) is 5.78. The van der Waals surface area contributed by atoms with Crippen LogP contribution in [0, 0.1) is 0 Å². The van der Waals surface area contributed by atoms with Crippen molar-refractivity contribution in [2.75, 3.05) is 6.54 Å². The van der Waals surface area contributed by atoms with Crippen molar-refractivity contribution in [2.24, 2.45) is 0 Å². The van der Waals surface area contributed by atoms with Crippen LogP contribution >= 0.6 is 0 Å². The van der Waals surface area contributed by atoms with Crippen molar-refractivity contribution in [2.45, 2.75) is 44.1 Å². The highest BCUT2D eigenvalue weighted by molar-refractivity contribution is 7.89. The molecule has 4 nitrogen and oxygen atoms in total. The predicted octanol–water partition coefficient (Wildman–Crippen LogP) is 1.69. The molecule has 0 aliphatic carbocycles. The first-order chi connectivity index (χ1) is 8.49. The van der Waals surface area contributed by atoms with Gasteiger partial charge in [0.25, 0.3) is 0 Å². The van der Waals surface area contributed by atoms with Gasteiger partial charge in [-0.3, -0.25) is 0 Å². The highest BCUT2D eigenvalue weighted by Crippen LogP contribution is 2.11. The Labute approximate surface area is 109 Å². The van der Waals surface area contributed by atoms with Crippen LogP contribution < -0.4 is 4.72 Å². The quantitative estimate of drug-likeness (QED) is 0.793. The van der Waals surface area contributed by atoms with E-state index in [0.29, 0.717) is 6.42 Å². The molecule has 0 radical (unpaired) electrons. The predicted molar refractivity (Wildman–Crippen MR) is 71.9 cm³/mol. The fourth-order valence-corrected chi connectivity index (χ4v) is 2.63. The average Bonchev–Trinajstić information content (AvgIpc) is 2.37. The summed E-state index contributed by atoms with van der Waals surface area (Å²) in [7, 11) is -3.51. The number of aliphatic hydroxyl groups excluding tert-OH is 1. The largest absolute Gasteiger partial charge is 0.392 e. The maximum Gasteiger partial charge on any atom is 0.240 e. The van der Waals surface area contributed by atoms with Gasteiger partial charge < -0.3 is 5.11 Å². The molecule has 1 unspecified atom stereocenters. The lowest BCUT2D eigenvalue weighted by Crippen LogP contribution is -2.31. The maximum absolute atomic E-state index is 11.9. The lowest BCUT2D eigenvalue weighted by Gasteiger charge is -2.10. The van der Waals surface area contributed by atoms with E-state index >= 15 is 0 Å². The normalized spacial score (nSPS) is 13.5. The van der Waals surface area contributed by atoms with E-state index in [9.17, 15) is 13.5 Å². The van der Waals surface area contributed by atoms with Gasteiger partial charge in [0, 0.05) is 6.54 Å². The minimum Gasteiger partial charge on any atom is -0.392 e. The zero-order chi connectivity index (χ0) is 13.6. The molecule has 18 heavy (non-hydrogen) atoms. The van der Waals surface area contributed by atoms with Crippen LogP contribution in [-0.4, -0.2) is 26.2 Å². The minimum atomic E-state index is -3.51. The third kappa shape index (κ3) is 4.40. The Morgan fingerprint density at radius 1 is 1.22 bits per heavy atom. The van der Waals surface area contributed by atoms with E-state index in [2.05, 4.69) is 11.6 Å². The maximum atomic E-state index is 11.9. The molecule has 0 spiro atoms. The van der Waals surface area contributed by atoms with Crippen LogP contribution in [0.3, 0.4) is 0 Å². The van der Waals surface area contributed by atoms with Crippen LogP contribution in [0.5, 0.6) is 0 Å². The third-order valence-corrected chi connectivity index (χ3v) is 4.19. The van der Waals surface area contributed by atoms with Crippen LogP contribution in [0.2, 0.25) is 0 Å². The molecule has 2 N–H and O–H groups in total. The Balaban J connectivity index is 2.72. The van der Waals surface area contributed by atoms with Gasteiger partial charge in [-0.1, -0.05) is 32.4 Å². The summed E-state index contributed by atoms with van der Waals surface area (Å²) in [5.41, 5.74) is 1.13. The number of nitrogens with one attached hydrogen (secondary N) is 1. The van der Waals surface area contributed by atoms with Crippen molar-refractivity contribution in [3.05, 3.63) is 29.8 Å². The van der Waals surface area contributed by atoms with Crippen molar-refractivity contribution < 1.29 is 13.5 Å².